The quantitative estimate of drug-likeness (QED) is 0.829. The second-order valence-corrected chi connectivity index (χ2v) is 5.92. The Labute approximate surface area is 117 Å². The van der Waals surface area contributed by atoms with E-state index >= 15 is 0 Å². The topological polar surface area (TPSA) is 52.6 Å². The van der Waals surface area contributed by atoms with E-state index in [4.69, 9.17) is 11.6 Å². The highest BCUT2D eigenvalue weighted by molar-refractivity contribution is 6.31. The van der Waals surface area contributed by atoms with Crippen molar-refractivity contribution in [2.24, 2.45) is 5.92 Å². The fourth-order valence-electron chi connectivity index (χ4n) is 2.89. The van der Waals surface area contributed by atoms with E-state index in [9.17, 15) is 9.90 Å². The molecule has 0 aromatic heterocycles. The summed E-state index contributed by atoms with van der Waals surface area (Å²) in [5, 5.41) is 14.2. The molecule has 1 fully saturated rings. The van der Waals surface area contributed by atoms with Crippen LogP contribution in [0.2, 0.25) is 5.02 Å². The average Bonchev–Trinajstić information content (AvgIpc) is 2.64. The van der Waals surface area contributed by atoms with Crippen molar-refractivity contribution in [1.82, 2.24) is 4.90 Å². The van der Waals surface area contributed by atoms with Gasteiger partial charge in [-0.05, 0) is 37.0 Å². The molecule has 0 bridgehead atoms. The van der Waals surface area contributed by atoms with E-state index in [-0.39, 0.29) is 5.91 Å². The zero-order valence-corrected chi connectivity index (χ0v) is 11.6. The zero-order chi connectivity index (χ0) is 13.6. The molecule has 1 aromatic rings. The van der Waals surface area contributed by atoms with Gasteiger partial charge in [-0.15, -0.1) is 0 Å². The molecule has 0 unspecified atom stereocenters. The van der Waals surface area contributed by atoms with Crippen LogP contribution in [0.3, 0.4) is 0 Å². The summed E-state index contributed by atoms with van der Waals surface area (Å²) in [5.74, 6) is 0.266. The Bertz CT molecular complexity index is 526. The maximum Gasteiger partial charge on any atom is 0.276 e. The van der Waals surface area contributed by atoms with Crippen LogP contribution in [0.25, 0.3) is 0 Å². The van der Waals surface area contributed by atoms with Crippen LogP contribution >= 0.6 is 11.6 Å². The van der Waals surface area contributed by atoms with Gasteiger partial charge < -0.3 is 10.4 Å². The van der Waals surface area contributed by atoms with Gasteiger partial charge in [0.2, 0.25) is 5.72 Å². The van der Waals surface area contributed by atoms with Crippen LogP contribution in [0, 0.1) is 5.92 Å². The second-order valence-electron chi connectivity index (χ2n) is 5.49. The number of nitrogens with zero attached hydrogens (tertiary/aromatic N) is 1. The highest BCUT2D eigenvalue weighted by Gasteiger charge is 2.50. The zero-order valence-electron chi connectivity index (χ0n) is 10.8. The largest absolute Gasteiger partial charge is 0.364 e. The Hall–Kier alpha value is -1.10. The van der Waals surface area contributed by atoms with Crippen molar-refractivity contribution in [2.75, 3.05) is 18.4 Å². The lowest BCUT2D eigenvalue weighted by Gasteiger charge is -2.39. The summed E-state index contributed by atoms with van der Waals surface area (Å²) in [7, 11) is 0. The molecule has 0 saturated carbocycles. The van der Waals surface area contributed by atoms with E-state index in [1.165, 1.54) is 0 Å². The minimum Gasteiger partial charge on any atom is -0.364 e. The molecule has 0 spiro atoms. The molecule has 4 nitrogen and oxygen atoms in total. The SMILES string of the molecule is CC1CCN([C@]2(O)C(=O)Nc3ccc(Cl)cc32)CC1. The molecule has 1 amide bonds. The number of anilines is 1. The molecule has 1 atom stereocenters. The number of hydrogen-bond donors (Lipinski definition) is 2. The van der Waals surface area contributed by atoms with Gasteiger partial charge in [0, 0.05) is 29.4 Å². The molecule has 0 radical (unpaired) electrons. The number of fused-ring (bicyclic) bond motifs is 1. The van der Waals surface area contributed by atoms with Crippen LogP contribution in [-0.4, -0.2) is 29.0 Å². The molecule has 102 valence electrons. The van der Waals surface area contributed by atoms with Crippen molar-refractivity contribution >= 4 is 23.2 Å². The number of hydrogen-bond acceptors (Lipinski definition) is 3. The van der Waals surface area contributed by atoms with Crippen LogP contribution in [0.1, 0.15) is 25.3 Å². The average molecular weight is 281 g/mol. The van der Waals surface area contributed by atoms with Gasteiger partial charge in [-0.2, -0.15) is 0 Å². The predicted octanol–water partition coefficient (Wildman–Crippen LogP) is 2.17. The minimum atomic E-state index is -1.57. The number of carbonyl (C=O) groups is 1. The molecule has 1 saturated heterocycles. The van der Waals surface area contributed by atoms with Crippen molar-refractivity contribution in [1.29, 1.82) is 0 Å². The van der Waals surface area contributed by atoms with Gasteiger partial charge in [0.05, 0.1) is 0 Å². The fourth-order valence-corrected chi connectivity index (χ4v) is 3.06. The molecule has 0 aliphatic carbocycles. The molecular weight excluding hydrogens is 264 g/mol. The van der Waals surface area contributed by atoms with E-state index in [2.05, 4.69) is 12.2 Å². The third kappa shape index (κ3) is 1.95. The van der Waals surface area contributed by atoms with Gasteiger partial charge in [-0.25, -0.2) is 0 Å². The number of rotatable bonds is 1. The lowest BCUT2D eigenvalue weighted by molar-refractivity contribution is -0.162. The first-order valence-electron chi connectivity index (χ1n) is 6.60. The monoisotopic (exact) mass is 280 g/mol. The second kappa shape index (κ2) is 4.47. The maximum absolute atomic E-state index is 12.2. The van der Waals surface area contributed by atoms with Crippen LogP contribution in [0.5, 0.6) is 0 Å². The first-order valence-corrected chi connectivity index (χ1v) is 6.98. The molecule has 2 aliphatic rings. The summed E-state index contributed by atoms with van der Waals surface area (Å²) in [6.45, 7) is 3.63. The first-order chi connectivity index (χ1) is 9.01. The van der Waals surface area contributed by atoms with Gasteiger partial charge in [-0.1, -0.05) is 18.5 Å². The normalized spacial score (nSPS) is 28.3. The van der Waals surface area contributed by atoms with E-state index in [0.717, 1.165) is 25.9 Å². The number of amides is 1. The molecule has 2 N–H and O–H groups in total. The molecule has 5 heteroatoms. The molecular formula is C14H17ClN2O2. The summed E-state index contributed by atoms with van der Waals surface area (Å²) in [6.07, 6.45) is 1.98. The van der Waals surface area contributed by atoms with Crippen molar-refractivity contribution in [2.45, 2.75) is 25.5 Å². The molecule has 19 heavy (non-hydrogen) atoms. The Morgan fingerprint density at radius 2 is 2.11 bits per heavy atom. The Balaban J connectivity index is 1.99. The number of halogens is 1. The smallest absolute Gasteiger partial charge is 0.276 e. The van der Waals surface area contributed by atoms with Crippen LogP contribution in [0.4, 0.5) is 5.69 Å². The van der Waals surface area contributed by atoms with Crippen LogP contribution in [0.15, 0.2) is 18.2 Å². The van der Waals surface area contributed by atoms with Crippen molar-refractivity contribution < 1.29 is 9.90 Å². The van der Waals surface area contributed by atoms with Gasteiger partial charge >= 0.3 is 0 Å². The van der Waals surface area contributed by atoms with Gasteiger partial charge in [-0.3, -0.25) is 9.69 Å². The summed E-state index contributed by atoms with van der Waals surface area (Å²) < 4.78 is 0. The van der Waals surface area contributed by atoms with Gasteiger partial charge in [0.15, 0.2) is 0 Å². The number of aliphatic hydroxyl groups is 1. The number of carbonyl (C=O) groups excluding carboxylic acids is 1. The minimum absolute atomic E-state index is 0.376. The molecule has 2 aliphatic heterocycles. The lowest BCUT2D eigenvalue weighted by Crippen LogP contribution is -2.53. The summed E-state index contributed by atoms with van der Waals surface area (Å²) >= 11 is 5.99. The number of piperidine rings is 1. The number of benzene rings is 1. The number of nitrogens with one attached hydrogen (secondary N) is 1. The summed E-state index contributed by atoms with van der Waals surface area (Å²) in [6, 6.07) is 5.12. The standard InChI is InChI=1S/C14H17ClN2O2/c1-9-4-6-17(7-5-9)14(19)11-8-10(15)2-3-12(11)16-13(14)18/h2-3,8-9,19H,4-7H2,1H3,(H,16,18)/t14-/m1/s1. The third-order valence-corrected chi connectivity index (χ3v) is 4.40. The maximum atomic E-state index is 12.2. The molecule has 2 heterocycles. The predicted molar refractivity (Wildman–Crippen MR) is 73.9 cm³/mol. The van der Waals surface area contributed by atoms with Crippen molar-refractivity contribution in [3.05, 3.63) is 28.8 Å². The van der Waals surface area contributed by atoms with Gasteiger partial charge in [0.25, 0.3) is 5.91 Å². The van der Waals surface area contributed by atoms with Crippen molar-refractivity contribution in [3.63, 3.8) is 0 Å². The highest BCUT2D eigenvalue weighted by atomic mass is 35.5. The highest BCUT2D eigenvalue weighted by Crippen LogP contribution is 2.41. The summed E-state index contributed by atoms with van der Waals surface area (Å²) in [4.78, 5) is 14.1. The Morgan fingerprint density at radius 3 is 2.79 bits per heavy atom. The van der Waals surface area contributed by atoms with Crippen LogP contribution < -0.4 is 5.32 Å². The molecule has 1 aromatic carbocycles. The van der Waals surface area contributed by atoms with E-state index in [0.29, 0.717) is 22.2 Å². The van der Waals surface area contributed by atoms with E-state index in [1.54, 1.807) is 18.2 Å². The van der Waals surface area contributed by atoms with Gasteiger partial charge in [0.1, 0.15) is 0 Å². The molecule has 3 rings (SSSR count). The number of likely N-dealkylation sites (tertiary alicyclic amines) is 1. The third-order valence-electron chi connectivity index (χ3n) is 4.16. The summed E-state index contributed by atoms with van der Waals surface area (Å²) in [5.41, 5.74) is -0.351. The fraction of sp³-hybridized carbons (Fsp3) is 0.500. The van der Waals surface area contributed by atoms with E-state index in [1.807, 2.05) is 4.90 Å². The Kier molecular flexibility index (Phi) is 3.04. The van der Waals surface area contributed by atoms with E-state index < -0.39 is 5.72 Å². The first kappa shape index (κ1) is 12.9. The lowest BCUT2D eigenvalue weighted by atomic mass is 9.94. The Morgan fingerprint density at radius 1 is 1.42 bits per heavy atom. The van der Waals surface area contributed by atoms with Crippen LogP contribution in [-0.2, 0) is 10.5 Å². The van der Waals surface area contributed by atoms with Crippen molar-refractivity contribution in [3.8, 4) is 0 Å².